The van der Waals surface area contributed by atoms with Crippen molar-refractivity contribution in [3.05, 3.63) is 24.3 Å². The number of hydrogen-bond donors (Lipinski definition) is 1. The van der Waals surface area contributed by atoms with E-state index in [0.717, 1.165) is 12.0 Å². The van der Waals surface area contributed by atoms with Crippen molar-refractivity contribution in [3.8, 4) is 0 Å². The molecule has 0 amide bonds. The smallest absolute Gasteiger partial charge is 0.306 e. The first kappa shape index (κ1) is 16.9. The Morgan fingerprint density at radius 3 is 2.61 bits per heavy atom. The van der Waals surface area contributed by atoms with Crippen molar-refractivity contribution in [1.82, 2.24) is 0 Å². The van der Waals surface area contributed by atoms with E-state index in [2.05, 4.69) is 6.58 Å². The van der Waals surface area contributed by atoms with Crippen LogP contribution in [0, 0.1) is 5.41 Å². The van der Waals surface area contributed by atoms with Gasteiger partial charge in [0.1, 0.15) is 0 Å². The van der Waals surface area contributed by atoms with Crippen LogP contribution >= 0.6 is 0 Å². The van der Waals surface area contributed by atoms with Crippen molar-refractivity contribution in [2.75, 3.05) is 6.61 Å². The summed E-state index contributed by atoms with van der Waals surface area (Å²) in [6, 6.07) is 0. The van der Waals surface area contributed by atoms with Crippen LogP contribution in [0.1, 0.15) is 47.0 Å². The highest BCUT2D eigenvalue weighted by atomic mass is 16.5. The van der Waals surface area contributed by atoms with E-state index < -0.39 is 6.10 Å². The summed E-state index contributed by atoms with van der Waals surface area (Å²) >= 11 is 0. The van der Waals surface area contributed by atoms with Gasteiger partial charge in [0.25, 0.3) is 0 Å². The lowest BCUT2D eigenvalue weighted by molar-refractivity contribution is -0.145. The maximum atomic E-state index is 11.6. The van der Waals surface area contributed by atoms with E-state index in [0.29, 0.717) is 19.4 Å². The largest absolute Gasteiger partial charge is 0.466 e. The molecular weight excluding hydrogens is 228 g/mol. The number of carbonyl (C=O) groups is 1. The van der Waals surface area contributed by atoms with Crippen LogP contribution in [0.5, 0.6) is 0 Å². The first-order valence-electron chi connectivity index (χ1n) is 6.47. The Labute approximate surface area is 111 Å². The topological polar surface area (TPSA) is 46.5 Å². The maximum Gasteiger partial charge on any atom is 0.306 e. The van der Waals surface area contributed by atoms with E-state index in [9.17, 15) is 9.90 Å². The van der Waals surface area contributed by atoms with Gasteiger partial charge >= 0.3 is 5.97 Å². The van der Waals surface area contributed by atoms with Gasteiger partial charge in [0, 0.05) is 0 Å². The lowest BCUT2D eigenvalue weighted by atomic mass is 9.80. The monoisotopic (exact) mass is 254 g/mol. The molecule has 0 aliphatic carbocycles. The lowest BCUT2D eigenvalue weighted by Gasteiger charge is -2.26. The van der Waals surface area contributed by atoms with E-state index in [4.69, 9.17) is 4.74 Å². The molecule has 2 atom stereocenters. The molecule has 0 saturated heterocycles. The molecule has 0 aliphatic rings. The van der Waals surface area contributed by atoms with Gasteiger partial charge in [-0.2, -0.15) is 0 Å². The highest BCUT2D eigenvalue weighted by Crippen LogP contribution is 2.31. The zero-order valence-electron chi connectivity index (χ0n) is 12.0. The molecular formula is C15H26O3. The summed E-state index contributed by atoms with van der Waals surface area (Å²) in [5, 5.41) is 9.76. The van der Waals surface area contributed by atoms with Gasteiger partial charge in [-0.05, 0) is 39.0 Å². The number of aliphatic hydroxyl groups excluding tert-OH is 1. The van der Waals surface area contributed by atoms with Crippen molar-refractivity contribution in [1.29, 1.82) is 0 Å². The lowest BCUT2D eigenvalue weighted by Crippen LogP contribution is -2.22. The molecule has 1 N–H and O–H groups in total. The van der Waals surface area contributed by atoms with Crippen LogP contribution in [0.3, 0.4) is 0 Å². The van der Waals surface area contributed by atoms with Crippen molar-refractivity contribution in [2.24, 2.45) is 5.41 Å². The molecule has 3 nitrogen and oxygen atoms in total. The SMILES string of the molecule is C=C(C)C(O)CCC(C)(/C=C/C)CC(=O)OCC. The van der Waals surface area contributed by atoms with Crippen molar-refractivity contribution in [3.63, 3.8) is 0 Å². The molecule has 0 aromatic rings. The fourth-order valence-electron chi connectivity index (χ4n) is 1.89. The van der Waals surface area contributed by atoms with Crippen LogP contribution in [-0.2, 0) is 9.53 Å². The average Bonchev–Trinajstić information content (AvgIpc) is 2.26. The number of allylic oxidation sites excluding steroid dienone is 2. The van der Waals surface area contributed by atoms with Crippen LogP contribution in [0.25, 0.3) is 0 Å². The summed E-state index contributed by atoms with van der Waals surface area (Å²) < 4.78 is 4.99. The molecule has 3 heteroatoms. The summed E-state index contributed by atoms with van der Waals surface area (Å²) in [5.41, 5.74) is 0.492. The first-order valence-corrected chi connectivity index (χ1v) is 6.47. The number of rotatable bonds is 8. The number of ether oxygens (including phenoxy) is 1. The standard InChI is InChI=1S/C15H26O3/c1-6-9-15(5,11-14(17)18-7-2)10-8-13(16)12(3)4/h6,9,13,16H,3,7-8,10-11H2,1-2,4-5H3/b9-6+. The van der Waals surface area contributed by atoms with Gasteiger partial charge in [-0.1, -0.05) is 31.2 Å². The second-order valence-electron chi connectivity index (χ2n) is 5.04. The third kappa shape index (κ3) is 6.60. The second kappa shape index (κ2) is 8.09. The quantitative estimate of drug-likeness (QED) is 0.534. The normalized spacial score (nSPS) is 16.3. The van der Waals surface area contributed by atoms with Crippen LogP contribution in [0.2, 0.25) is 0 Å². The molecule has 0 heterocycles. The van der Waals surface area contributed by atoms with E-state index >= 15 is 0 Å². The van der Waals surface area contributed by atoms with Crippen LogP contribution in [0.4, 0.5) is 0 Å². The predicted octanol–water partition coefficient (Wildman–Crippen LogP) is 3.24. The molecule has 0 saturated carbocycles. The zero-order chi connectivity index (χ0) is 14.2. The van der Waals surface area contributed by atoms with Crippen molar-refractivity contribution >= 4 is 5.97 Å². The highest BCUT2D eigenvalue weighted by Gasteiger charge is 2.26. The van der Waals surface area contributed by atoms with Gasteiger partial charge < -0.3 is 9.84 Å². The second-order valence-corrected chi connectivity index (χ2v) is 5.04. The van der Waals surface area contributed by atoms with Gasteiger partial charge in [-0.15, -0.1) is 0 Å². The minimum Gasteiger partial charge on any atom is -0.466 e. The Bertz CT molecular complexity index is 307. The van der Waals surface area contributed by atoms with Gasteiger partial charge in [-0.25, -0.2) is 0 Å². The fraction of sp³-hybridized carbons (Fsp3) is 0.667. The Balaban J connectivity index is 4.52. The molecule has 18 heavy (non-hydrogen) atoms. The minimum atomic E-state index is -0.503. The third-order valence-corrected chi connectivity index (χ3v) is 2.98. The van der Waals surface area contributed by atoms with E-state index in [-0.39, 0.29) is 11.4 Å². The van der Waals surface area contributed by atoms with E-state index in [1.807, 2.05) is 32.9 Å². The molecule has 0 fully saturated rings. The minimum absolute atomic E-state index is 0.192. The summed E-state index contributed by atoms with van der Waals surface area (Å²) in [7, 11) is 0. The van der Waals surface area contributed by atoms with Gasteiger partial charge in [0.15, 0.2) is 0 Å². The van der Waals surface area contributed by atoms with E-state index in [1.54, 1.807) is 6.92 Å². The summed E-state index contributed by atoms with van der Waals surface area (Å²) in [6.07, 6.45) is 5.12. The summed E-state index contributed by atoms with van der Waals surface area (Å²) in [4.78, 5) is 11.6. The molecule has 104 valence electrons. The molecule has 0 aromatic heterocycles. The fourth-order valence-corrected chi connectivity index (χ4v) is 1.89. The molecule has 0 radical (unpaired) electrons. The van der Waals surface area contributed by atoms with Gasteiger partial charge in [0.2, 0.25) is 0 Å². The molecule has 0 aromatic carbocycles. The van der Waals surface area contributed by atoms with Crippen LogP contribution < -0.4 is 0 Å². The van der Waals surface area contributed by atoms with Crippen molar-refractivity contribution in [2.45, 2.75) is 53.1 Å². The molecule has 0 rings (SSSR count). The number of esters is 1. The first-order chi connectivity index (χ1) is 8.34. The molecule has 0 bridgehead atoms. The summed E-state index contributed by atoms with van der Waals surface area (Å²) in [5.74, 6) is -0.192. The Hall–Kier alpha value is -1.09. The van der Waals surface area contributed by atoms with E-state index in [1.165, 1.54) is 0 Å². The average molecular weight is 254 g/mol. The molecule has 0 spiro atoms. The Morgan fingerprint density at radius 1 is 1.56 bits per heavy atom. The van der Waals surface area contributed by atoms with Gasteiger partial charge in [-0.3, -0.25) is 4.79 Å². The third-order valence-electron chi connectivity index (χ3n) is 2.98. The Kier molecular flexibility index (Phi) is 7.60. The molecule has 2 unspecified atom stereocenters. The maximum absolute atomic E-state index is 11.6. The number of carbonyl (C=O) groups excluding carboxylic acids is 1. The highest BCUT2D eigenvalue weighted by molar-refractivity contribution is 5.70. The van der Waals surface area contributed by atoms with Crippen molar-refractivity contribution < 1.29 is 14.6 Å². The zero-order valence-corrected chi connectivity index (χ0v) is 12.0. The molecule has 0 aliphatic heterocycles. The predicted molar refractivity (Wildman–Crippen MR) is 74.2 cm³/mol. The van der Waals surface area contributed by atoms with Gasteiger partial charge in [0.05, 0.1) is 19.1 Å². The van der Waals surface area contributed by atoms with Crippen LogP contribution in [0.15, 0.2) is 24.3 Å². The number of aliphatic hydroxyl groups is 1. The number of hydrogen-bond acceptors (Lipinski definition) is 3. The summed E-state index contributed by atoms with van der Waals surface area (Å²) in [6.45, 7) is 11.7. The van der Waals surface area contributed by atoms with Crippen LogP contribution in [-0.4, -0.2) is 23.8 Å². The Morgan fingerprint density at radius 2 is 2.17 bits per heavy atom.